The lowest BCUT2D eigenvalue weighted by Crippen LogP contribution is -2.25. The van der Waals surface area contributed by atoms with Gasteiger partial charge in [0.2, 0.25) is 0 Å². The Morgan fingerprint density at radius 2 is 1.52 bits per heavy atom. The quantitative estimate of drug-likeness (QED) is 0.757. The van der Waals surface area contributed by atoms with E-state index in [-0.39, 0.29) is 5.82 Å². The molecule has 0 atom stereocenters. The zero-order chi connectivity index (χ0) is 17.6. The van der Waals surface area contributed by atoms with Crippen LogP contribution in [0.4, 0.5) is 26.2 Å². The van der Waals surface area contributed by atoms with Crippen LogP contribution in [0.3, 0.4) is 0 Å². The molecule has 0 saturated carbocycles. The molecule has 2 amide bonds. The number of anilines is 3. The summed E-state index contributed by atoms with van der Waals surface area (Å²) in [7, 11) is 0. The summed E-state index contributed by atoms with van der Waals surface area (Å²) >= 11 is 5.81. The molecule has 1 fully saturated rings. The van der Waals surface area contributed by atoms with E-state index < -0.39 is 6.03 Å². The van der Waals surface area contributed by atoms with Crippen molar-refractivity contribution in [3.63, 3.8) is 0 Å². The molecule has 2 aromatic rings. The number of carbonyl (C=O) groups excluding carboxylic acids is 1. The number of amides is 2. The lowest BCUT2D eigenvalue weighted by molar-refractivity contribution is 0.262. The highest BCUT2D eigenvalue weighted by molar-refractivity contribution is 6.30. The van der Waals surface area contributed by atoms with Crippen molar-refractivity contribution in [2.45, 2.75) is 25.7 Å². The van der Waals surface area contributed by atoms with Crippen LogP contribution in [0, 0.1) is 5.82 Å². The molecule has 1 aliphatic rings. The molecule has 0 unspecified atom stereocenters. The maximum Gasteiger partial charge on any atom is 0.323 e. The highest BCUT2D eigenvalue weighted by atomic mass is 35.5. The van der Waals surface area contributed by atoms with Gasteiger partial charge in [-0.1, -0.05) is 24.4 Å². The number of hydrogen-bond acceptors (Lipinski definition) is 2. The van der Waals surface area contributed by atoms with Gasteiger partial charge in [0.25, 0.3) is 0 Å². The standard InChI is InChI=1S/C19H21ClFN3O/c20-14-5-7-15(8-6-14)22-19(25)23-16-9-10-18(17(21)13-16)24-11-3-1-2-4-12-24/h5-10,13H,1-4,11-12H2,(H2,22,23,25). The third kappa shape index (κ3) is 4.86. The summed E-state index contributed by atoms with van der Waals surface area (Å²) in [5.74, 6) is -0.314. The Morgan fingerprint density at radius 3 is 2.16 bits per heavy atom. The smallest absolute Gasteiger partial charge is 0.323 e. The summed E-state index contributed by atoms with van der Waals surface area (Å²) < 4.78 is 14.5. The normalized spacial score (nSPS) is 14.7. The van der Waals surface area contributed by atoms with Crippen molar-refractivity contribution in [1.29, 1.82) is 0 Å². The number of urea groups is 1. The minimum atomic E-state index is -0.427. The lowest BCUT2D eigenvalue weighted by Gasteiger charge is -2.23. The molecule has 0 aromatic heterocycles. The topological polar surface area (TPSA) is 44.4 Å². The second-order valence-electron chi connectivity index (χ2n) is 6.15. The fourth-order valence-corrected chi connectivity index (χ4v) is 3.11. The number of rotatable bonds is 3. The first kappa shape index (κ1) is 17.5. The van der Waals surface area contributed by atoms with Crippen molar-refractivity contribution in [3.05, 3.63) is 53.3 Å². The first-order valence-electron chi connectivity index (χ1n) is 8.50. The summed E-state index contributed by atoms with van der Waals surface area (Å²) in [5, 5.41) is 5.92. The molecule has 25 heavy (non-hydrogen) atoms. The van der Waals surface area contributed by atoms with E-state index >= 15 is 0 Å². The maximum absolute atomic E-state index is 14.5. The summed E-state index contributed by atoms with van der Waals surface area (Å²) in [4.78, 5) is 14.1. The summed E-state index contributed by atoms with van der Waals surface area (Å²) in [5.41, 5.74) is 1.64. The maximum atomic E-state index is 14.5. The number of nitrogens with one attached hydrogen (secondary N) is 2. The molecule has 132 valence electrons. The van der Waals surface area contributed by atoms with Crippen molar-refractivity contribution in [1.82, 2.24) is 0 Å². The summed E-state index contributed by atoms with van der Waals surface area (Å²) in [6.45, 7) is 1.75. The summed E-state index contributed by atoms with van der Waals surface area (Å²) in [6.07, 6.45) is 4.57. The monoisotopic (exact) mass is 361 g/mol. The Morgan fingerprint density at radius 1 is 0.920 bits per heavy atom. The zero-order valence-corrected chi connectivity index (χ0v) is 14.7. The van der Waals surface area contributed by atoms with Crippen LogP contribution in [-0.4, -0.2) is 19.1 Å². The third-order valence-electron chi connectivity index (χ3n) is 4.25. The van der Waals surface area contributed by atoms with Gasteiger partial charge in [0.1, 0.15) is 5.82 Å². The number of nitrogens with zero attached hydrogens (tertiary/aromatic N) is 1. The second kappa shape index (κ2) is 8.21. The van der Waals surface area contributed by atoms with Crippen LogP contribution in [0.25, 0.3) is 0 Å². The van der Waals surface area contributed by atoms with E-state index in [0.717, 1.165) is 25.9 Å². The SMILES string of the molecule is O=C(Nc1ccc(Cl)cc1)Nc1ccc(N2CCCCCC2)c(F)c1. The first-order chi connectivity index (χ1) is 12.1. The van der Waals surface area contributed by atoms with Crippen LogP contribution in [0.15, 0.2) is 42.5 Å². The van der Waals surface area contributed by atoms with Gasteiger partial charge in [-0.2, -0.15) is 0 Å². The predicted octanol–water partition coefficient (Wildman–Crippen LogP) is 5.50. The van der Waals surface area contributed by atoms with Crippen molar-refractivity contribution in [3.8, 4) is 0 Å². The van der Waals surface area contributed by atoms with Gasteiger partial charge in [-0.15, -0.1) is 0 Å². The number of carbonyl (C=O) groups is 1. The van der Waals surface area contributed by atoms with Crippen molar-refractivity contribution < 1.29 is 9.18 Å². The predicted molar refractivity (Wildman–Crippen MR) is 101 cm³/mol. The van der Waals surface area contributed by atoms with Crippen LogP contribution in [0.2, 0.25) is 5.02 Å². The van der Waals surface area contributed by atoms with E-state index in [1.54, 1.807) is 36.4 Å². The molecule has 6 heteroatoms. The fraction of sp³-hybridized carbons (Fsp3) is 0.316. The molecule has 2 N–H and O–H groups in total. The molecule has 0 aliphatic carbocycles. The van der Waals surface area contributed by atoms with Gasteiger partial charge < -0.3 is 15.5 Å². The molecule has 4 nitrogen and oxygen atoms in total. The molecule has 1 heterocycles. The molecule has 0 radical (unpaired) electrons. The Hall–Kier alpha value is -2.27. The highest BCUT2D eigenvalue weighted by Gasteiger charge is 2.14. The van der Waals surface area contributed by atoms with Gasteiger partial charge in [-0.3, -0.25) is 0 Å². The zero-order valence-electron chi connectivity index (χ0n) is 13.9. The Bertz CT molecular complexity index is 728. The molecular formula is C19H21ClFN3O. The molecular weight excluding hydrogens is 341 g/mol. The Kier molecular flexibility index (Phi) is 5.76. The van der Waals surface area contributed by atoms with Crippen molar-refractivity contribution in [2.24, 2.45) is 0 Å². The Balaban J connectivity index is 1.63. The minimum absolute atomic E-state index is 0.314. The van der Waals surface area contributed by atoms with E-state index in [1.165, 1.54) is 18.9 Å². The van der Waals surface area contributed by atoms with Crippen molar-refractivity contribution in [2.75, 3.05) is 28.6 Å². The van der Waals surface area contributed by atoms with Crippen LogP contribution in [-0.2, 0) is 0 Å². The van der Waals surface area contributed by atoms with Gasteiger partial charge in [0, 0.05) is 29.5 Å². The Labute approximate surface area is 152 Å². The van der Waals surface area contributed by atoms with E-state index in [1.807, 2.05) is 0 Å². The van der Waals surface area contributed by atoms with Crippen molar-refractivity contribution >= 4 is 34.7 Å². The molecule has 0 bridgehead atoms. The van der Waals surface area contributed by atoms with Crippen LogP contribution in [0.1, 0.15) is 25.7 Å². The fourth-order valence-electron chi connectivity index (χ4n) is 2.98. The van der Waals surface area contributed by atoms with E-state index in [4.69, 9.17) is 11.6 Å². The highest BCUT2D eigenvalue weighted by Crippen LogP contribution is 2.25. The van der Waals surface area contributed by atoms with Crippen LogP contribution in [0.5, 0.6) is 0 Å². The average molecular weight is 362 g/mol. The lowest BCUT2D eigenvalue weighted by atomic mass is 10.2. The molecule has 2 aromatic carbocycles. The number of halogens is 2. The number of hydrogen-bond donors (Lipinski definition) is 2. The van der Waals surface area contributed by atoms with Crippen LogP contribution >= 0.6 is 11.6 Å². The molecule has 1 aliphatic heterocycles. The summed E-state index contributed by atoms with van der Waals surface area (Å²) in [6, 6.07) is 11.2. The van der Waals surface area contributed by atoms with Gasteiger partial charge >= 0.3 is 6.03 Å². The van der Waals surface area contributed by atoms with E-state index in [9.17, 15) is 9.18 Å². The van der Waals surface area contributed by atoms with Gasteiger partial charge in [0.05, 0.1) is 5.69 Å². The first-order valence-corrected chi connectivity index (χ1v) is 8.88. The largest absolute Gasteiger partial charge is 0.369 e. The van der Waals surface area contributed by atoms with Crippen LogP contribution < -0.4 is 15.5 Å². The van der Waals surface area contributed by atoms with Gasteiger partial charge in [0.15, 0.2) is 0 Å². The van der Waals surface area contributed by atoms with E-state index in [0.29, 0.717) is 22.1 Å². The van der Waals surface area contributed by atoms with E-state index in [2.05, 4.69) is 15.5 Å². The third-order valence-corrected chi connectivity index (χ3v) is 4.51. The second-order valence-corrected chi connectivity index (χ2v) is 6.59. The minimum Gasteiger partial charge on any atom is -0.369 e. The molecule has 3 rings (SSSR count). The van der Waals surface area contributed by atoms with Gasteiger partial charge in [-0.25, -0.2) is 9.18 Å². The van der Waals surface area contributed by atoms with Gasteiger partial charge in [-0.05, 0) is 55.3 Å². The molecule has 0 spiro atoms. The number of benzene rings is 2. The average Bonchev–Trinajstić information content (AvgIpc) is 2.86. The molecule has 1 saturated heterocycles.